The van der Waals surface area contributed by atoms with Gasteiger partial charge in [-0.05, 0) is 20.3 Å². The average Bonchev–Trinajstić information content (AvgIpc) is 2.33. The van der Waals surface area contributed by atoms with Crippen molar-refractivity contribution in [2.75, 3.05) is 25.2 Å². The van der Waals surface area contributed by atoms with Gasteiger partial charge in [0.05, 0.1) is 6.61 Å². The third-order valence-electron chi connectivity index (χ3n) is 2.80. The van der Waals surface area contributed by atoms with Crippen LogP contribution in [0.2, 0.25) is 5.15 Å². The second-order valence-electron chi connectivity index (χ2n) is 4.50. The molecule has 0 amide bonds. The van der Waals surface area contributed by atoms with E-state index in [0.29, 0.717) is 17.8 Å². The molecule has 0 saturated heterocycles. The number of hydrogen-bond donors (Lipinski definition) is 0. The van der Waals surface area contributed by atoms with Gasteiger partial charge in [-0.25, -0.2) is 9.97 Å². The van der Waals surface area contributed by atoms with E-state index in [4.69, 9.17) is 16.3 Å². The number of ether oxygens (including phenoxy) is 1. The summed E-state index contributed by atoms with van der Waals surface area (Å²) in [6, 6.07) is 0.349. The Morgan fingerprint density at radius 2 is 2.11 bits per heavy atom. The van der Waals surface area contributed by atoms with Gasteiger partial charge in [-0.15, -0.1) is 0 Å². The third kappa shape index (κ3) is 3.82. The molecule has 1 aromatic rings. The molecule has 0 radical (unpaired) electrons. The quantitative estimate of drug-likeness (QED) is 0.715. The lowest BCUT2D eigenvalue weighted by Gasteiger charge is -2.29. The monoisotopic (exact) mass is 271 g/mol. The summed E-state index contributed by atoms with van der Waals surface area (Å²) in [5.41, 5.74) is 1.03. The van der Waals surface area contributed by atoms with E-state index < -0.39 is 0 Å². The Morgan fingerprint density at radius 3 is 2.67 bits per heavy atom. The number of halogens is 1. The molecular formula is C13H22ClN3O. The molecule has 0 bridgehead atoms. The first-order valence-corrected chi connectivity index (χ1v) is 6.74. The van der Waals surface area contributed by atoms with E-state index in [1.807, 2.05) is 0 Å². The van der Waals surface area contributed by atoms with E-state index in [0.717, 1.165) is 30.8 Å². The predicted molar refractivity (Wildman–Crippen MR) is 75.4 cm³/mol. The van der Waals surface area contributed by atoms with Crippen LogP contribution in [0.3, 0.4) is 0 Å². The van der Waals surface area contributed by atoms with Gasteiger partial charge in [0.2, 0.25) is 0 Å². The lowest BCUT2D eigenvalue weighted by Crippen LogP contribution is -2.35. The van der Waals surface area contributed by atoms with Gasteiger partial charge < -0.3 is 9.64 Å². The van der Waals surface area contributed by atoms with Crippen LogP contribution in [0.4, 0.5) is 5.82 Å². The minimum absolute atomic E-state index is 0.349. The molecule has 18 heavy (non-hydrogen) atoms. The summed E-state index contributed by atoms with van der Waals surface area (Å²) < 4.78 is 5.16. The lowest BCUT2D eigenvalue weighted by atomic mass is 10.1. The fraction of sp³-hybridized carbons (Fsp3) is 0.692. The maximum absolute atomic E-state index is 6.18. The molecule has 0 saturated carbocycles. The SMILES string of the molecule is CCCc1c(Cl)ncnc1N(CCOC)C(C)C. The molecule has 0 aliphatic rings. The van der Waals surface area contributed by atoms with Crippen LogP contribution in [0.25, 0.3) is 0 Å². The first-order valence-electron chi connectivity index (χ1n) is 6.36. The zero-order chi connectivity index (χ0) is 13.5. The van der Waals surface area contributed by atoms with Crippen molar-refractivity contribution in [3.63, 3.8) is 0 Å². The van der Waals surface area contributed by atoms with E-state index in [9.17, 15) is 0 Å². The molecular weight excluding hydrogens is 250 g/mol. The second kappa shape index (κ2) is 7.54. The highest BCUT2D eigenvalue weighted by Crippen LogP contribution is 2.26. The summed E-state index contributed by atoms with van der Waals surface area (Å²) in [5, 5.41) is 0.560. The molecule has 4 nitrogen and oxygen atoms in total. The zero-order valence-corrected chi connectivity index (χ0v) is 12.4. The van der Waals surface area contributed by atoms with Crippen molar-refractivity contribution in [3.8, 4) is 0 Å². The van der Waals surface area contributed by atoms with Gasteiger partial charge in [0.15, 0.2) is 0 Å². The largest absolute Gasteiger partial charge is 0.383 e. The van der Waals surface area contributed by atoms with E-state index in [2.05, 4.69) is 35.6 Å². The van der Waals surface area contributed by atoms with Gasteiger partial charge in [0, 0.05) is 25.3 Å². The Labute approximate surface area is 114 Å². The smallest absolute Gasteiger partial charge is 0.137 e. The van der Waals surface area contributed by atoms with Crippen molar-refractivity contribution in [3.05, 3.63) is 17.0 Å². The first-order chi connectivity index (χ1) is 8.61. The van der Waals surface area contributed by atoms with Crippen molar-refractivity contribution in [2.45, 2.75) is 39.7 Å². The molecule has 0 aliphatic heterocycles. The van der Waals surface area contributed by atoms with Gasteiger partial charge in [-0.2, -0.15) is 0 Å². The van der Waals surface area contributed by atoms with E-state index in [-0.39, 0.29) is 0 Å². The zero-order valence-electron chi connectivity index (χ0n) is 11.6. The Morgan fingerprint density at radius 1 is 1.39 bits per heavy atom. The van der Waals surface area contributed by atoms with Gasteiger partial charge in [0.25, 0.3) is 0 Å². The summed E-state index contributed by atoms with van der Waals surface area (Å²) in [4.78, 5) is 10.7. The minimum atomic E-state index is 0.349. The van der Waals surface area contributed by atoms with E-state index in [1.54, 1.807) is 7.11 Å². The Balaban J connectivity index is 3.06. The molecule has 0 N–H and O–H groups in total. The van der Waals surface area contributed by atoms with E-state index in [1.165, 1.54) is 6.33 Å². The number of rotatable bonds is 7. The summed E-state index contributed by atoms with van der Waals surface area (Å²) in [6.45, 7) is 7.88. The number of aromatic nitrogens is 2. The number of hydrogen-bond acceptors (Lipinski definition) is 4. The van der Waals surface area contributed by atoms with Crippen LogP contribution in [0.5, 0.6) is 0 Å². The number of anilines is 1. The van der Waals surface area contributed by atoms with Gasteiger partial charge in [0.1, 0.15) is 17.3 Å². The normalized spacial score (nSPS) is 11.0. The van der Waals surface area contributed by atoms with Crippen LogP contribution in [0, 0.1) is 0 Å². The standard InChI is InChI=1S/C13H22ClN3O/c1-5-6-11-12(14)15-9-16-13(11)17(10(2)3)7-8-18-4/h9-10H,5-8H2,1-4H3. The molecule has 1 heterocycles. The molecule has 0 unspecified atom stereocenters. The minimum Gasteiger partial charge on any atom is -0.383 e. The van der Waals surface area contributed by atoms with Crippen LogP contribution in [0.1, 0.15) is 32.8 Å². The van der Waals surface area contributed by atoms with Crippen molar-refractivity contribution in [1.82, 2.24) is 9.97 Å². The molecule has 0 spiro atoms. The van der Waals surface area contributed by atoms with Crippen molar-refractivity contribution in [2.24, 2.45) is 0 Å². The molecule has 1 aromatic heterocycles. The van der Waals surface area contributed by atoms with Crippen LogP contribution in [-0.4, -0.2) is 36.3 Å². The van der Waals surface area contributed by atoms with Crippen LogP contribution >= 0.6 is 11.6 Å². The Bertz CT molecular complexity index is 371. The van der Waals surface area contributed by atoms with Crippen molar-refractivity contribution >= 4 is 17.4 Å². The van der Waals surface area contributed by atoms with E-state index >= 15 is 0 Å². The molecule has 0 fully saturated rings. The lowest BCUT2D eigenvalue weighted by molar-refractivity contribution is 0.203. The van der Waals surface area contributed by atoms with Crippen LogP contribution in [-0.2, 0) is 11.2 Å². The summed E-state index contributed by atoms with van der Waals surface area (Å²) >= 11 is 6.18. The fourth-order valence-corrected chi connectivity index (χ4v) is 2.12. The summed E-state index contributed by atoms with van der Waals surface area (Å²) in [7, 11) is 1.71. The summed E-state index contributed by atoms with van der Waals surface area (Å²) in [5.74, 6) is 0.934. The average molecular weight is 272 g/mol. The highest BCUT2D eigenvalue weighted by Gasteiger charge is 2.18. The Hall–Kier alpha value is -0.870. The highest BCUT2D eigenvalue weighted by atomic mass is 35.5. The molecule has 102 valence electrons. The van der Waals surface area contributed by atoms with Gasteiger partial charge in [-0.1, -0.05) is 24.9 Å². The molecule has 0 aliphatic carbocycles. The molecule has 0 aromatic carbocycles. The molecule has 5 heteroatoms. The number of methoxy groups -OCH3 is 1. The second-order valence-corrected chi connectivity index (χ2v) is 4.85. The molecule has 0 atom stereocenters. The van der Waals surface area contributed by atoms with Crippen LogP contribution in [0.15, 0.2) is 6.33 Å². The topological polar surface area (TPSA) is 38.2 Å². The maximum Gasteiger partial charge on any atom is 0.137 e. The van der Waals surface area contributed by atoms with Crippen LogP contribution < -0.4 is 4.90 Å². The van der Waals surface area contributed by atoms with Gasteiger partial charge >= 0.3 is 0 Å². The highest BCUT2D eigenvalue weighted by molar-refractivity contribution is 6.30. The van der Waals surface area contributed by atoms with Crippen molar-refractivity contribution < 1.29 is 4.74 Å². The van der Waals surface area contributed by atoms with Crippen molar-refractivity contribution in [1.29, 1.82) is 0 Å². The third-order valence-corrected chi connectivity index (χ3v) is 3.13. The predicted octanol–water partition coefficient (Wildman–Crippen LogP) is 2.94. The Kier molecular flexibility index (Phi) is 6.36. The molecule has 1 rings (SSSR count). The summed E-state index contributed by atoms with van der Waals surface area (Å²) in [6.07, 6.45) is 3.44. The number of nitrogens with zero attached hydrogens (tertiary/aromatic N) is 3. The fourth-order valence-electron chi connectivity index (χ4n) is 1.89. The van der Waals surface area contributed by atoms with Gasteiger partial charge in [-0.3, -0.25) is 0 Å². The maximum atomic E-state index is 6.18. The first kappa shape index (κ1) is 15.2.